The van der Waals surface area contributed by atoms with E-state index in [4.69, 9.17) is 9.84 Å². The maximum absolute atomic E-state index is 11.9. The minimum Gasteiger partial charge on any atom is -0.497 e. The van der Waals surface area contributed by atoms with Gasteiger partial charge in [0, 0.05) is 12.5 Å². The van der Waals surface area contributed by atoms with Crippen molar-refractivity contribution in [3.63, 3.8) is 0 Å². The maximum Gasteiger partial charge on any atom is 0.310 e. The molecule has 0 aliphatic heterocycles. The zero-order valence-electron chi connectivity index (χ0n) is 11.9. The van der Waals surface area contributed by atoms with Gasteiger partial charge in [0.25, 0.3) is 0 Å². The maximum atomic E-state index is 11.9. The average Bonchev–Trinajstić information content (AvgIpc) is 2.94. The van der Waals surface area contributed by atoms with Crippen LogP contribution in [0.15, 0.2) is 36.4 Å². The summed E-state index contributed by atoms with van der Waals surface area (Å²) < 4.78 is 5.14. The number of aryl methyl sites for hydroxylation is 1. The van der Waals surface area contributed by atoms with Gasteiger partial charge in [0.15, 0.2) is 0 Å². The van der Waals surface area contributed by atoms with Crippen molar-refractivity contribution in [1.82, 2.24) is 5.32 Å². The van der Waals surface area contributed by atoms with Crippen LogP contribution in [0.1, 0.15) is 18.4 Å². The van der Waals surface area contributed by atoms with Crippen molar-refractivity contribution >= 4 is 11.9 Å². The number of carboxylic acid groups (broad SMARTS) is 1. The Kier molecular flexibility index (Phi) is 4.98. The third kappa shape index (κ3) is 4.34. The molecule has 1 aromatic carbocycles. The van der Waals surface area contributed by atoms with Crippen molar-refractivity contribution in [2.45, 2.75) is 25.3 Å². The molecule has 2 N–H and O–H groups in total. The van der Waals surface area contributed by atoms with Crippen molar-refractivity contribution in [2.75, 3.05) is 7.11 Å². The third-order valence-corrected chi connectivity index (χ3v) is 3.52. The quantitative estimate of drug-likeness (QED) is 0.783. The molecule has 0 aromatic heterocycles. The summed E-state index contributed by atoms with van der Waals surface area (Å²) in [5.41, 5.74) is 1.04. The number of carbonyl (C=O) groups is 2. The van der Waals surface area contributed by atoms with E-state index >= 15 is 0 Å². The summed E-state index contributed by atoms with van der Waals surface area (Å²) >= 11 is 0. The minimum absolute atomic E-state index is 0.0708. The fourth-order valence-corrected chi connectivity index (χ4v) is 2.35. The molecular weight excluding hydrogens is 270 g/mol. The van der Waals surface area contributed by atoms with E-state index in [2.05, 4.69) is 5.32 Å². The van der Waals surface area contributed by atoms with Gasteiger partial charge in [-0.05, 0) is 30.5 Å². The second-order valence-corrected chi connectivity index (χ2v) is 5.09. The van der Waals surface area contributed by atoms with Crippen LogP contribution in [-0.4, -0.2) is 30.1 Å². The Morgan fingerprint density at radius 2 is 2.19 bits per heavy atom. The molecule has 0 radical (unpaired) electrons. The number of benzene rings is 1. The minimum atomic E-state index is -0.848. The molecule has 0 bridgehead atoms. The van der Waals surface area contributed by atoms with E-state index in [1.54, 1.807) is 19.3 Å². The van der Waals surface area contributed by atoms with E-state index in [1.807, 2.05) is 24.3 Å². The molecule has 1 aliphatic carbocycles. The number of carbonyl (C=O) groups excluding carboxylic acids is 1. The van der Waals surface area contributed by atoms with Crippen LogP contribution in [0.2, 0.25) is 0 Å². The van der Waals surface area contributed by atoms with E-state index in [9.17, 15) is 9.59 Å². The molecule has 0 heterocycles. The Hall–Kier alpha value is -2.30. The lowest BCUT2D eigenvalue weighted by Crippen LogP contribution is -2.33. The normalized spacial score (nSPS) is 20.2. The zero-order chi connectivity index (χ0) is 15.2. The standard InChI is InChI=1S/C16H19NO4/c1-21-14-4-2-3-11(9-14)5-8-15(18)17-13-7-6-12(10-13)16(19)20/h2-4,6-7,9,12-13H,5,8,10H2,1H3,(H,17,18)(H,19,20). The van der Waals surface area contributed by atoms with Crippen LogP contribution in [0.4, 0.5) is 0 Å². The van der Waals surface area contributed by atoms with Crippen LogP contribution in [0, 0.1) is 5.92 Å². The second-order valence-electron chi connectivity index (χ2n) is 5.09. The van der Waals surface area contributed by atoms with Crippen LogP contribution in [0.3, 0.4) is 0 Å². The number of hydrogen-bond acceptors (Lipinski definition) is 3. The number of methoxy groups -OCH3 is 1. The van der Waals surface area contributed by atoms with Gasteiger partial charge in [-0.25, -0.2) is 0 Å². The van der Waals surface area contributed by atoms with Crippen LogP contribution in [0.5, 0.6) is 5.75 Å². The van der Waals surface area contributed by atoms with Gasteiger partial charge in [-0.2, -0.15) is 0 Å². The van der Waals surface area contributed by atoms with Crippen molar-refractivity contribution in [2.24, 2.45) is 5.92 Å². The van der Waals surface area contributed by atoms with Gasteiger partial charge in [0.2, 0.25) is 5.91 Å². The lowest BCUT2D eigenvalue weighted by molar-refractivity contribution is -0.140. The zero-order valence-corrected chi connectivity index (χ0v) is 11.9. The number of hydrogen-bond donors (Lipinski definition) is 2. The Bertz CT molecular complexity index is 553. The number of aliphatic carboxylic acids is 1. The molecule has 0 fully saturated rings. The fraction of sp³-hybridized carbons (Fsp3) is 0.375. The topological polar surface area (TPSA) is 75.6 Å². The Labute approximate surface area is 123 Å². The van der Waals surface area contributed by atoms with E-state index in [1.165, 1.54) is 0 Å². The van der Waals surface area contributed by atoms with Crippen molar-refractivity contribution in [1.29, 1.82) is 0 Å². The van der Waals surface area contributed by atoms with Crippen molar-refractivity contribution in [3.8, 4) is 5.75 Å². The van der Waals surface area contributed by atoms with Gasteiger partial charge in [-0.3, -0.25) is 9.59 Å². The number of nitrogens with one attached hydrogen (secondary N) is 1. The second kappa shape index (κ2) is 6.92. The summed E-state index contributed by atoms with van der Waals surface area (Å²) in [5, 5.41) is 11.7. The first kappa shape index (κ1) is 15.1. The van der Waals surface area contributed by atoms with Gasteiger partial charge in [0.1, 0.15) is 5.75 Å². The largest absolute Gasteiger partial charge is 0.497 e. The SMILES string of the molecule is COc1cccc(CCC(=O)NC2C=CC(C(=O)O)C2)c1. The molecule has 5 heteroatoms. The molecule has 1 amide bonds. The Balaban J connectivity index is 1.78. The van der Waals surface area contributed by atoms with E-state index < -0.39 is 11.9 Å². The van der Waals surface area contributed by atoms with Gasteiger partial charge in [-0.15, -0.1) is 0 Å². The lowest BCUT2D eigenvalue weighted by Gasteiger charge is -2.12. The van der Waals surface area contributed by atoms with Gasteiger partial charge in [-0.1, -0.05) is 24.3 Å². The van der Waals surface area contributed by atoms with E-state index in [0.29, 0.717) is 19.3 Å². The third-order valence-electron chi connectivity index (χ3n) is 3.52. The molecule has 0 spiro atoms. The van der Waals surface area contributed by atoms with Gasteiger partial charge in [0.05, 0.1) is 13.0 Å². The molecule has 21 heavy (non-hydrogen) atoms. The predicted molar refractivity (Wildman–Crippen MR) is 78.1 cm³/mol. The molecule has 112 valence electrons. The summed E-state index contributed by atoms with van der Waals surface area (Å²) in [7, 11) is 1.61. The fourth-order valence-electron chi connectivity index (χ4n) is 2.35. The van der Waals surface area contributed by atoms with Crippen LogP contribution in [0.25, 0.3) is 0 Å². The Morgan fingerprint density at radius 3 is 2.86 bits per heavy atom. The van der Waals surface area contributed by atoms with Crippen LogP contribution >= 0.6 is 0 Å². The van der Waals surface area contributed by atoms with Crippen molar-refractivity contribution in [3.05, 3.63) is 42.0 Å². The van der Waals surface area contributed by atoms with E-state index in [0.717, 1.165) is 11.3 Å². The van der Waals surface area contributed by atoms with Crippen LogP contribution in [-0.2, 0) is 16.0 Å². The highest BCUT2D eigenvalue weighted by atomic mass is 16.5. The number of amides is 1. The van der Waals surface area contributed by atoms with Gasteiger partial charge >= 0.3 is 5.97 Å². The molecule has 0 saturated carbocycles. The Morgan fingerprint density at radius 1 is 1.38 bits per heavy atom. The molecule has 1 aliphatic rings. The van der Waals surface area contributed by atoms with Crippen molar-refractivity contribution < 1.29 is 19.4 Å². The summed E-state index contributed by atoms with van der Waals surface area (Å²) in [6, 6.07) is 7.43. The molecule has 1 aromatic rings. The molecule has 2 rings (SSSR count). The molecule has 5 nitrogen and oxygen atoms in total. The average molecular weight is 289 g/mol. The van der Waals surface area contributed by atoms with E-state index in [-0.39, 0.29) is 11.9 Å². The highest BCUT2D eigenvalue weighted by Crippen LogP contribution is 2.18. The highest BCUT2D eigenvalue weighted by molar-refractivity contribution is 5.78. The predicted octanol–water partition coefficient (Wildman–Crippen LogP) is 1.77. The molecular formula is C16H19NO4. The smallest absolute Gasteiger partial charge is 0.310 e. The summed E-state index contributed by atoms with van der Waals surface area (Å²) in [5.74, 6) is -0.637. The summed E-state index contributed by atoms with van der Waals surface area (Å²) in [4.78, 5) is 22.7. The summed E-state index contributed by atoms with van der Waals surface area (Å²) in [6.07, 6.45) is 4.81. The number of carboxylic acids is 1. The number of rotatable bonds is 6. The van der Waals surface area contributed by atoms with Crippen LogP contribution < -0.4 is 10.1 Å². The molecule has 2 atom stereocenters. The first-order chi connectivity index (χ1) is 10.1. The number of ether oxygens (including phenoxy) is 1. The van der Waals surface area contributed by atoms with Gasteiger partial charge < -0.3 is 15.2 Å². The first-order valence-electron chi connectivity index (χ1n) is 6.92. The molecule has 2 unspecified atom stereocenters. The monoisotopic (exact) mass is 289 g/mol. The lowest BCUT2D eigenvalue weighted by atomic mass is 10.1. The summed E-state index contributed by atoms with van der Waals surface area (Å²) in [6.45, 7) is 0. The first-order valence-corrected chi connectivity index (χ1v) is 6.92. The highest BCUT2D eigenvalue weighted by Gasteiger charge is 2.25. The molecule has 0 saturated heterocycles.